The molecule has 0 bridgehead atoms. The monoisotopic (exact) mass is 306 g/mol. The largest absolute Gasteiger partial charge is 0.478 e. The van der Waals surface area contributed by atoms with Crippen LogP contribution in [0.3, 0.4) is 0 Å². The van der Waals surface area contributed by atoms with Crippen LogP contribution in [0.25, 0.3) is 0 Å². The molecule has 1 aliphatic rings. The number of benzene rings is 1. The summed E-state index contributed by atoms with van der Waals surface area (Å²) in [7, 11) is 0. The molecule has 0 spiro atoms. The first-order valence-corrected chi connectivity index (χ1v) is 7.61. The summed E-state index contributed by atoms with van der Waals surface area (Å²) in [5.41, 5.74) is 2.74. The zero-order chi connectivity index (χ0) is 15.4. The van der Waals surface area contributed by atoms with Gasteiger partial charge in [0.05, 0.1) is 12.2 Å². The number of allylic oxidation sites excluding steroid dienone is 1. The Kier molecular flexibility index (Phi) is 5.03. The highest BCUT2D eigenvalue weighted by molar-refractivity contribution is 8.13. The van der Waals surface area contributed by atoms with Crippen LogP contribution in [0.15, 0.2) is 40.5 Å². The van der Waals surface area contributed by atoms with E-state index in [1.807, 2.05) is 31.2 Å². The summed E-state index contributed by atoms with van der Waals surface area (Å²) in [6.07, 6.45) is 0. The lowest BCUT2D eigenvalue weighted by molar-refractivity contribution is -0.133. The van der Waals surface area contributed by atoms with E-state index in [1.54, 1.807) is 6.92 Å². The zero-order valence-corrected chi connectivity index (χ0v) is 12.8. The van der Waals surface area contributed by atoms with Gasteiger partial charge in [-0.05, 0) is 25.0 Å². The minimum absolute atomic E-state index is 0.0505. The summed E-state index contributed by atoms with van der Waals surface area (Å²) in [6, 6.07) is 7.13. The minimum atomic E-state index is -0.969. The molecule has 1 unspecified atom stereocenters. The van der Waals surface area contributed by atoms with Gasteiger partial charge in [-0.1, -0.05) is 36.0 Å². The van der Waals surface area contributed by atoms with Gasteiger partial charge in [0.1, 0.15) is 6.04 Å². The van der Waals surface area contributed by atoms with E-state index in [9.17, 15) is 9.90 Å². The van der Waals surface area contributed by atoms with E-state index < -0.39 is 12.0 Å². The molecule has 0 radical (unpaired) electrons. The normalized spacial score (nSPS) is 18.2. The Balaban J connectivity index is 2.44. The van der Waals surface area contributed by atoms with E-state index in [0.29, 0.717) is 16.6 Å². The summed E-state index contributed by atoms with van der Waals surface area (Å²) in [6.45, 7) is 3.74. The highest BCUT2D eigenvalue weighted by Crippen LogP contribution is 2.33. The van der Waals surface area contributed by atoms with E-state index in [1.165, 1.54) is 11.8 Å². The van der Waals surface area contributed by atoms with Crippen molar-refractivity contribution in [1.82, 2.24) is 5.32 Å². The van der Waals surface area contributed by atoms with E-state index in [-0.39, 0.29) is 12.2 Å². The van der Waals surface area contributed by atoms with Crippen LogP contribution in [0.5, 0.6) is 0 Å². The van der Waals surface area contributed by atoms with Gasteiger partial charge in [-0.2, -0.15) is 0 Å². The van der Waals surface area contributed by atoms with Crippen LogP contribution in [0.4, 0.5) is 0 Å². The maximum Gasteiger partial charge on any atom is 0.335 e. The van der Waals surface area contributed by atoms with Gasteiger partial charge < -0.3 is 15.5 Å². The van der Waals surface area contributed by atoms with Crippen molar-refractivity contribution < 1.29 is 15.0 Å². The molecule has 1 aromatic carbocycles. The fraction of sp³-hybridized carbons (Fsp3) is 0.333. The number of aliphatic carboxylic acids is 1. The number of amidine groups is 1. The first-order chi connectivity index (χ1) is 10.0. The van der Waals surface area contributed by atoms with Crippen molar-refractivity contribution in [3.63, 3.8) is 0 Å². The van der Waals surface area contributed by atoms with Crippen LogP contribution >= 0.6 is 11.8 Å². The van der Waals surface area contributed by atoms with Crippen molar-refractivity contribution in [1.29, 1.82) is 0 Å². The Bertz CT molecular complexity index is 611. The van der Waals surface area contributed by atoms with E-state index >= 15 is 0 Å². The summed E-state index contributed by atoms with van der Waals surface area (Å²) in [5.74, 6) is -0.453. The molecule has 0 amide bonds. The smallest absolute Gasteiger partial charge is 0.335 e. The molecule has 1 aliphatic heterocycles. The fourth-order valence-corrected chi connectivity index (χ4v) is 2.95. The van der Waals surface area contributed by atoms with Crippen LogP contribution in [-0.2, 0) is 4.79 Å². The van der Waals surface area contributed by atoms with Crippen molar-refractivity contribution in [3.8, 4) is 0 Å². The second-order valence-corrected chi connectivity index (χ2v) is 5.82. The van der Waals surface area contributed by atoms with Gasteiger partial charge in [-0.15, -0.1) is 0 Å². The topological polar surface area (TPSA) is 81.9 Å². The Hall–Kier alpha value is -1.79. The lowest BCUT2D eigenvalue weighted by Crippen LogP contribution is -2.30. The molecule has 0 fully saturated rings. The van der Waals surface area contributed by atoms with Crippen LogP contribution in [-0.4, -0.2) is 33.7 Å². The van der Waals surface area contributed by atoms with Crippen molar-refractivity contribution in [2.45, 2.75) is 19.9 Å². The molecule has 112 valence electrons. The molecular formula is C15H18N2O3S. The molecule has 5 nitrogen and oxygen atoms in total. The number of aliphatic hydroxyl groups is 1. The summed E-state index contributed by atoms with van der Waals surface area (Å²) >= 11 is 1.38. The Labute approximate surface area is 127 Å². The van der Waals surface area contributed by atoms with E-state index in [4.69, 9.17) is 5.11 Å². The molecular weight excluding hydrogens is 288 g/mol. The molecule has 0 aliphatic carbocycles. The summed E-state index contributed by atoms with van der Waals surface area (Å²) in [5, 5.41) is 22.0. The van der Waals surface area contributed by atoms with E-state index in [0.717, 1.165) is 11.1 Å². The van der Waals surface area contributed by atoms with Crippen molar-refractivity contribution >= 4 is 22.9 Å². The molecule has 0 aromatic heterocycles. The van der Waals surface area contributed by atoms with Gasteiger partial charge in [0.25, 0.3) is 0 Å². The van der Waals surface area contributed by atoms with Crippen molar-refractivity contribution in [2.24, 2.45) is 4.99 Å². The third-order valence-electron chi connectivity index (χ3n) is 3.26. The molecule has 21 heavy (non-hydrogen) atoms. The average Bonchev–Trinajstić information content (AvgIpc) is 2.44. The number of rotatable bonds is 4. The highest BCUT2D eigenvalue weighted by atomic mass is 32.2. The number of thioether (sulfide) groups is 1. The maximum absolute atomic E-state index is 11.6. The second kappa shape index (κ2) is 6.78. The van der Waals surface area contributed by atoms with Crippen LogP contribution < -0.4 is 5.32 Å². The predicted molar refractivity (Wildman–Crippen MR) is 84.4 cm³/mol. The minimum Gasteiger partial charge on any atom is -0.478 e. The third kappa shape index (κ3) is 3.46. The Morgan fingerprint density at radius 1 is 1.38 bits per heavy atom. The van der Waals surface area contributed by atoms with Gasteiger partial charge in [0.2, 0.25) is 0 Å². The number of hydrogen-bond donors (Lipinski definition) is 3. The quantitative estimate of drug-likeness (QED) is 0.793. The summed E-state index contributed by atoms with van der Waals surface area (Å²) < 4.78 is 0. The number of carboxylic acid groups (broad SMARTS) is 1. The van der Waals surface area contributed by atoms with Gasteiger partial charge >= 0.3 is 5.97 Å². The number of aliphatic hydroxyl groups excluding tert-OH is 1. The third-order valence-corrected chi connectivity index (χ3v) is 4.13. The number of nitrogens with zero attached hydrogens (tertiary/aromatic N) is 1. The first kappa shape index (κ1) is 15.6. The number of nitrogens with one attached hydrogen (secondary N) is 1. The fourth-order valence-electron chi connectivity index (χ4n) is 2.26. The summed E-state index contributed by atoms with van der Waals surface area (Å²) in [4.78, 5) is 16.1. The van der Waals surface area contributed by atoms with Crippen LogP contribution in [0.2, 0.25) is 0 Å². The lowest BCUT2D eigenvalue weighted by atomic mass is 9.93. The second-order valence-electron chi connectivity index (χ2n) is 4.73. The number of carbonyl (C=O) groups is 1. The standard InChI is InChI=1S/C15H18N2O3S/c1-9-5-3-4-6-11(9)13-12(14(19)20)10(2)16-15(17-13)21-8-7-18/h3-6,13,18H,7-8H2,1-2H3,(H,16,17)(H,19,20). The predicted octanol–water partition coefficient (Wildman–Crippen LogP) is 2.08. The number of hydrogen-bond acceptors (Lipinski definition) is 5. The van der Waals surface area contributed by atoms with Gasteiger partial charge in [-0.3, -0.25) is 0 Å². The van der Waals surface area contributed by atoms with Crippen LogP contribution in [0.1, 0.15) is 24.1 Å². The molecule has 2 rings (SSSR count). The Morgan fingerprint density at radius 2 is 2.10 bits per heavy atom. The molecule has 6 heteroatoms. The average molecular weight is 306 g/mol. The van der Waals surface area contributed by atoms with Crippen LogP contribution in [0, 0.1) is 6.92 Å². The number of aliphatic imine (C=N–C) groups is 1. The molecule has 3 N–H and O–H groups in total. The van der Waals surface area contributed by atoms with Crippen molar-refractivity contribution in [2.75, 3.05) is 12.4 Å². The number of aryl methyl sites for hydroxylation is 1. The van der Waals surface area contributed by atoms with Gasteiger partial charge in [0, 0.05) is 11.4 Å². The Morgan fingerprint density at radius 3 is 2.71 bits per heavy atom. The maximum atomic E-state index is 11.6. The number of carboxylic acids is 1. The van der Waals surface area contributed by atoms with Gasteiger partial charge in [-0.25, -0.2) is 9.79 Å². The van der Waals surface area contributed by atoms with Gasteiger partial charge in [0.15, 0.2) is 5.17 Å². The van der Waals surface area contributed by atoms with E-state index in [2.05, 4.69) is 10.3 Å². The molecule has 0 saturated carbocycles. The highest BCUT2D eigenvalue weighted by Gasteiger charge is 2.29. The molecule has 0 saturated heterocycles. The molecule has 1 heterocycles. The first-order valence-electron chi connectivity index (χ1n) is 6.62. The SMILES string of the molecule is CC1=C(C(=O)O)C(c2ccccc2C)N=C(SCCO)N1. The van der Waals surface area contributed by atoms with Crippen molar-refractivity contribution in [3.05, 3.63) is 46.7 Å². The zero-order valence-electron chi connectivity index (χ0n) is 12.0. The molecule has 1 atom stereocenters. The lowest BCUT2D eigenvalue weighted by Gasteiger charge is -2.25. The molecule has 1 aromatic rings.